The number of hydrogen-bond donors (Lipinski definition) is 1. The van der Waals surface area contributed by atoms with Crippen molar-refractivity contribution in [1.82, 2.24) is 5.32 Å². The lowest BCUT2D eigenvalue weighted by molar-refractivity contribution is 0.571. The van der Waals surface area contributed by atoms with Crippen molar-refractivity contribution < 1.29 is 8.78 Å². The molecule has 20 heavy (non-hydrogen) atoms. The molecule has 0 amide bonds. The minimum absolute atomic E-state index is 0.0573. The second-order valence-electron chi connectivity index (χ2n) is 4.88. The van der Waals surface area contributed by atoms with Crippen molar-refractivity contribution in [2.75, 3.05) is 7.05 Å². The van der Waals surface area contributed by atoms with E-state index < -0.39 is 0 Å². The molecule has 0 saturated heterocycles. The maximum atomic E-state index is 13.5. The van der Waals surface area contributed by atoms with Gasteiger partial charge in [-0.05, 0) is 67.4 Å². The van der Waals surface area contributed by atoms with Gasteiger partial charge in [-0.25, -0.2) is 8.78 Å². The maximum Gasteiger partial charge on any atom is 0.124 e. The number of hydrogen-bond acceptors (Lipinski definition) is 1. The molecule has 0 aromatic heterocycles. The summed E-state index contributed by atoms with van der Waals surface area (Å²) in [6.45, 7) is 1.86. The van der Waals surface area contributed by atoms with Gasteiger partial charge in [-0.3, -0.25) is 0 Å². The van der Waals surface area contributed by atoms with Crippen molar-refractivity contribution in [3.05, 3.63) is 69.2 Å². The van der Waals surface area contributed by atoms with Crippen LogP contribution in [-0.2, 0) is 6.42 Å². The van der Waals surface area contributed by atoms with E-state index in [1.54, 1.807) is 0 Å². The van der Waals surface area contributed by atoms with Gasteiger partial charge in [0, 0.05) is 10.5 Å². The Morgan fingerprint density at radius 3 is 2.35 bits per heavy atom. The lowest BCUT2D eigenvalue weighted by atomic mass is 9.97. The summed E-state index contributed by atoms with van der Waals surface area (Å²) in [6, 6.07) is 9.69. The molecule has 1 nitrogen and oxygen atoms in total. The van der Waals surface area contributed by atoms with Gasteiger partial charge in [0.05, 0.1) is 0 Å². The summed E-state index contributed by atoms with van der Waals surface area (Å²) in [4.78, 5) is 0. The van der Waals surface area contributed by atoms with Crippen LogP contribution in [0.1, 0.15) is 22.7 Å². The first-order valence-corrected chi connectivity index (χ1v) is 7.16. The van der Waals surface area contributed by atoms with Crippen LogP contribution in [0.3, 0.4) is 0 Å². The van der Waals surface area contributed by atoms with E-state index in [2.05, 4.69) is 21.2 Å². The molecule has 2 aromatic rings. The van der Waals surface area contributed by atoms with Crippen LogP contribution >= 0.6 is 15.9 Å². The summed E-state index contributed by atoms with van der Waals surface area (Å²) in [5, 5.41) is 3.16. The fourth-order valence-electron chi connectivity index (χ4n) is 2.32. The maximum absolute atomic E-state index is 13.5. The molecule has 106 valence electrons. The van der Waals surface area contributed by atoms with Crippen molar-refractivity contribution in [2.24, 2.45) is 0 Å². The topological polar surface area (TPSA) is 12.0 Å². The summed E-state index contributed by atoms with van der Waals surface area (Å²) < 4.78 is 27.6. The molecule has 0 heterocycles. The zero-order chi connectivity index (χ0) is 14.7. The SMILES string of the molecule is CNC(Cc1cc(F)cc(Br)c1)c1cc(C)cc(F)c1. The highest BCUT2D eigenvalue weighted by Gasteiger charge is 2.12. The number of rotatable bonds is 4. The van der Waals surface area contributed by atoms with Gasteiger partial charge in [-0.2, -0.15) is 0 Å². The standard InChI is InChI=1S/C16H16BrF2N/c1-10-3-12(8-14(18)4-10)16(20-2)7-11-5-13(17)9-15(19)6-11/h3-6,8-9,16,20H,7H2,1-2H3. The average Bonchev–Trinajstić information content (AvgIpc) is 2.33. The van der Waals surface area contributed by atoms with E-state index in [1.165, 1.54) is 24.3 Å². The average molecular weight is 340 g/mol. The highest BCUT2D eigenvalue weighted by molar-refractivity contribution is 9.10. The molecule has 1 N–H and O–H groups in total. The Bertz CT molecular complexity index is 573. The van der Waals surface area contributed by atoms with E-state index in [0.717, 1.165) is 16.7 Å². The molecule has 2 rings (SSSR count). The number of likely N-dealkylation sites (N-methyl/N-ethyl adjacent to an activating group) is 1. The fourth-order valence-corrected chi connectivity index (χ4v) is 2.83. The van der Waals surface area contributed by atoms with Crippen LogP contribution in [-0.4, -0.2) is 7.05 Å². The van der Waals surface area contributed by atoms with Gasteiger partial charge in [-0.1, -0.05) is 22.0 Å². The first-order chi connectivity index (χ1) is 9.47. The number of benzene rings is 2. The minimum atomic E-state index is -0.278. The molecule has 0 aliphatic heterocycles. The van der Waals surface area contributed by atoms with Crippen LogP contribution in [0.2, 0.25) is 0 Å². The summed E-state index contributed by atoms with van der Waals surface area (Å²) in [5.74, 6) is -0.527. The highest BCUT2D eigenvalue weighted by Crippen LogP contribution is 2.23. The Labute approximate surface area is 126 Å². The molecule has 0 aliphatic rings. The zero-order valence-corrected chi connectivity index (χ0v) is 13.0. The summed E-state index contributed by atoms with van der Waals surface area (Å²) >= 11 is 3.28. The monoisotopic (exact) mass is 339 g/mol. The highest BCUT2D eigenvalue weighted by atomic mass is 79.9. The summed E-state index contributed by atoms with van der Waals surface area (Å²) in [5.41, 5.74) is 2.60. The zero-order valence-electron chi connectivity index (χ0n) is 11.4. The van der Waals surface area contributed by atoms with E-state index in [4.69, 9.17) is 0 Å². The van der Waals surface area contributed by atoms with Gasteiger partial charge in [-0.15, -0.1) is 0 Å². The van der Waals surface area contributed by atoms with Gasteiger partial charge in [0.2, 0.25) is 0 Å². The third-order valence-corrected chi connectivity index (χ3v) is 3.64. The summed E-state index contributed by atoms with van der Waals surface area (Å²) in [6.07, 6.45) is 0.593. The van der Waals surface area contributed by atoms with Crippen molar-refractivity contribution in [1.29, 1.82) is 0 Å². The molecule has 1 atom stereocenters. The van der Waals surface area contributed by atoms with Crippen molar-refractivity contribution >= 4 is 15.9 Å². The van der Waals surface area contributed by atoms with Crippen molar-refractivity contribution in [3.63, 3.8) is 0 Å². The largest absolute Gasteiger partial charge is 0.313 e. The molecule has 4 heteroatoms. The third kappa shape index (κ3) is 3.87. The van der Waals surface area contributed by atoms with E-state index >= 15 is 0 Å². The Kier molecular flexibility index (Phi) is 4.89. The molecule has 0 saturated carbocycles. The molecule has 0 fully saturated rings. The molecule has 0 radical (unpaired) electrons. The van der Waals surface area contributed by atoms with Gasteiger partial charge >= 0.3 is 0 Å². The Morgan fingerprint density at radius 2 is 1.75 bits per heavy atom. The first kappa shape index (κ1) is 15.1. The van der Waals surface area contributed by atoms with E-state index in [1.807, 2.05) is 26.1 Å². The van der Waals surface area contributed by atoms with Gasteiger partial charge in [0.1, 0.15) is 11.6 Å². The lowest BCUT2D eigenvalue weighted by Crippen LogP contribution is -2.19. The second kappa shape index (κ2) is 6.46. The third-order valence-electron chi connectivity index (χ3n) is 3.18. The predicted octanol–water partition coefficient (Wildman–Crippen LogP) is 4.54. The molecule has 1 unspecified atom stereocenters. The molecule has 0 aliphatic carbocycles. The van der Waals surface area contributed by atoms with Crippen LogP contribution in [0.4, 0.5) is 8.78 Å². The summed E-state index contributed by atoms with van der Waals surface area (Å²) in [7, 11) is 1.82. The Morgan fingerprint density at radius 1 is 1.05 bits per heavy atom. The minimum Gasteiger partial charge on any atom is -0.313 e. The van der Waals surface area contributed by atoms with Crippen LogP contribution in [0.25, 0.3) is 0 Å². The van der Waals surface area contributed by atoms with Crippen LogP contribution < -0.4 is 5.32 Å². The number of aryl methyl sites for hydroxylation is 1. The van der Waals surface area contributed by atoms with E-state index in [0.29, 0.717) is 10.9 Å². The van der Waals surface area contributed by atoms with E-state index in [-0.39, 0.29) is 17.7 Å². The van der Waals surface area contributed by atoms with Crippen molar-refractivity contribution in [3.8, 4) is 0 Å². The molecular weight excluding hydrogens is 324 g/mol. The van der Waals surface area contributed by atoms with Gasteiger partial charge in [0.25, 0.3) is 0 Å². The Hall–Kier alpha value is -1.26. The normalized spacial score (nSPS) is 12.4. The van der Waals surface area contributed by atoms with Crippen LogP contribution in [0, 0.1) is 18.6 Å². The van der Waals surface area contributed by atoms with E-state index in [9.17, 15) is 8.78 Å². The van der Waals surface area contributed by atoms with Crippen LogP contribution in [0.15, 0.2) is 40.9 Å². The predicted molar refractivity (Wildman–Crippen MR) is 80.7 cm³/mol. The molecule has 2 aromatic carbocycles. The number of nitrogens with one attached hydrogen (secondary N) is 1. The second-order valence-corrected chi connectivity index (χ2v) is 5.80. The van der Waals surface area contributed by atoms with Gasteiger partial charge in [0.15, 0.2) is 0 Å². The van der Waals surface area contributed by atoms with Crippen LogP contribution in [0.5, 0.6) is 0 Å². The quantitative estimate of drug-likeness (QED) is 0.862. The molecule has 0 bridgehead atoms. The molecule has 0 spiro atoms. The lowest BCUT2D eigenvalue weighted by Gasteiger charge is -2.18. The van der Waals surface area contributed by atoms with Crippen molar-refractivity contribution in [2.45, 2.75) is 19.4 Å². The fraction of sp³-hybridized carbons (Fsp3) is 0.250. The Balaban J connectivity index is 2.28. The first-order valence-electron chi connectivity index (χ1n) is 6.37. The molecular formula is C16H16BrF2N. The smallest absolute Gasteiger partial charge is 0.124 e. The number of halogens is 3. The van der Waals surface area contributed by atoms with Gasteiger partial charge < -0.3 is 5.32 Å².